The van der Waals surface area contributed by atoms with Gasteiger partial charge in [0.05, 0.1) is 5.56 Å². The van der Waals surface area contributed by atoms with Crippen LogP contribution in [0.3, 0.4) is 0 Å². The monoisotopic (exact) mass is 333 g/mol. The molecule has 1 aromatic rings. The molecule has 1 spiro atoms. The van der Waals surface area contributed by atoms with Gasteiger partial charge in [0.2, 0.25) is 0 Å². The number of carbonyl (C=O) groups excluding carboxylic acids is 2. The maximum Gasteiger partial charge on any atom is 0.410 e. The van der Waals surface area contributed by atoms with Crippen molar-refractivity contribution in [1.82, 2.24) is 10.2 Å². The van der Waals surface area contributed by atoms with E-state index in [1.807, 2.05) is 20.8 Å². The van der Waals surface area contributed by atoms with Gasteiger partial charge in [0.25, 0.3) is 5.91 Å². The summed E-state index contributed by atoms with van der Waals surface area (Å²) < 4.78 is 11.4. The summed E-state index contributed by atoms with van der Waals surface area (Å²) in [6.45, 7) is 6.41. The zero-order valence-corrected chi connectivity index (χ0v) is 14.2. The number of amides is 2. The van der Waals surface area contributed by atoms with Crippen molar-refractivity contribution in [1.29, 1.82) is 0 Å². The maximum absolute atomic E-state index is 12.3. The first kappa shape index (κ1) is 16.4. The quantitative estimate of drug-likeness (QED) is 0.709. The first-order chi connectivity index (χ1) is 11.2. The predicted molar refractivity (Wildman–Crippen MR) is 88.7 cm³/mol. The Kier molecular flexibility index (Phi) is 3.81. The normalized spacial score (nSPS) is 19.3. The zero-order chi connectivity index (χ0) is 17.5. The minimum absolute atomic E-state index is 0.179. The molecule has 0 atom stereocenters. The summed E-state index contributed by atoms with van der Waals surface area (Å²) in [7, 11) is 0. The van der Waals surface area contributed by atoms with Crippen molar-refractivity contribution in [2.24, 2.45) is 0 Å². The van der Waals surface area contributed by atoms with Gasteiger partial charge in [-0.05, 0) is 32.9 Å². The molecule has 0 aromatic heterocycles. The van der Waals surface area contributed by atoms with Crippen molar-refractivity contribution in [3.8, 4) is 5.75 Å². The van der Waals surface area contributed by atoms with E-state index in [1.165, 1.54) is 0 Å². The van der Waals surface area contributed by atoms with Crippen LogP contribution in [-0.4, -0.2) is 41.3 Å². The van der Waals surface area contributed by atoms with E-state index in [9.17, 15) is 9.59 Å². The number of likely N-dealkylation sites (tertiary alicyclic amines) is 1. The second-order valence-electron chi connectivity index (χ2n) is 7.27. The lowest BCUT2D eigenvalue weighted by atomic mass is 9.97. The van der Waals surface area contributed by atoms with Crippen molar-refractivity contribution in [3.05, 3.63) is 23.8 Å². The summed E-state index contributed by atoms with van der Waals surface area (Å²) in [5, 5.41) is 2.93. The Morgan fingerprint density at radius 1 is 1.33 bits per heavy atom. The van der Waals surface area contributed by atoms with E-state index < -0.39 is 11.3 Å². The number of rotatable bonds is 0. The maximum atomic E-state index is 12.3. The average Bonchev–Trinajstić information content (AvgIpc) is 2.45. The average molecular weight is 333 g/mol. The van der Waals surface area contributed by atoms with E-state index in [1.54, 1.807) is 23.1 Å². The fourth-order valence-corrected chi connectivity index (χ4v) is 2.93. The summed E-state index contributed by atoms with van der Waals surface area (Å²) in [6, 6.07) is 4.99. The lowest BCUT2D eigenvalue weighted by Gasteiger charge is -2.44. The number of benzene rings is 1. The highest BCUT2D eigenvalue weighted by Crippen LogP contribution is 2.34. The minimum atomic E-state index is -0.795. The van der Waals surface area contributed by atoms with Gasteiger partial charge in [-0.3, -0.25) is 4.79 Å². The van der Waals surface area contributed by atoms with Gasteiger partial charge in [0.1, 0.15) is 11.4 Å². The van der Waals surface area contributed by atoms with Crippen LogP contribution >= 0.6 is 0 Å². The van der Waals surface area contributed by atoms with E-state index in [4.69, 9.17) is 15.2 Å². The molecule has 2 aliphatic rings. The molecule has 0 radical (unpaired) electrons. The predicted octanol–water partition coefficient (Wildman–Crippen LogP) is 2.12. The molecular weight excluding hydrogens is 310 g/mol. The van der Waals surface area contributed by atoms with E-state index >= 15 is 0 Å². The van der Waals surface area contributed by atoms with Gasteiger partial charge in [-0.15, -0.1) is 0 Å². The molecule has 3 N–H and O–H groups in total. The Morgan fingerprint density at radius 2 is 2.00 bits per heavy atom. The van der Waals surface area contributed by atoms with E-state index in [-0.39, 0.29) is 12.0 Å². The number of fused-ring (bicyclic) bond motifs is 1. The van der Waals surface area contributed by atoms with Crippen LogP contribution < -0.4 is 15.8 Å². The molecule has 2 amide bonds. The molecule has 24 heavy (non-hydrogen) atoms. The van der Waals surface area contributed by atoms with Crippen molar-refractivity contribution < 1.29 is 19.1 Å². The molecule has 1 aromatic carbocycles. The highest BCUT2D eigenvalue weighted by molar-refractivity contribution is 5.98. The minimum Gasteiger partial charge on any atom is -0.467 e. The lowest BCUT2D eigenvalue weighted by Crippen LogP contribution is -2.61. The molecular formula is C17H23N3O4. The highest BCUT2D eigenvalue weighted by Gasteiger charge is 2.43. The van der Waals surface area contributed by atoms with Gasteiger partial charge in [-0.25, -0.2) is 4.79 Å². The zero-order valence-electron chi connectivity index (χ0n) is 14.2. The van der Waals surface area contributed by atoms with Gasteiger partial charge in [0, 0.05) is 37.7 Å². The third-order valence-electron chi connectivity index (χ3n) is 4.12. The van der Waals surface area contributed by atoms with Crippen molar-refractivity contribution >= 4 is 17.7 Å². The fourth-order valence-electron chi connectivity index (χ4n) is 2.93. The van der Waals surface area contributed by atoms with Gasteiger partial charge < -0.3 is 25.4 Å². The molecule has 130 valence electrons. The number of nitrogen functional groups attached to an aromatic ring is 1. The van der Waals surface area contributed by atoms with Crippen LogP contribution in [-0.2, 0) is 4.74 Å². The first-order valence-electron chi connectivity index (χ1n) is 8.06. The van der Waals surface area contributed by atoms with Crippen LogP contribution in [0.5, 0.6) is 5.75 Å². The molecule has 7 nitrogen and oxygen atoms in total. The second-order valence-corrected chi connectivity index (χ2v) is 7.27. The smallest absolute Gasteiger partial charge is 0.410 e. The number of carbonyl (C=O) groups is 2. The fraction of sp³-hybridized carbons (Fsp3) is 0.529. The number of ether oxygens (including phenoxy) is 2. The Labute approximate surface area is 141 Å². The number of hydrogen-bond acceptors (Lipinski definition) is 5. The summed E-state index contributed by atoms with van der Waals surface area (Å²) in [5.74, 6) is 0.312. The summed E-state index contributed by atoms with van der Waals surface area (Å²) in [6.07, 6.45) is 0.641. The largest absolute Gasteiger partial charge is 0.467 e. The van der Waals surface area contributed by atoms with Crippen LogP contribution in [0.25, 0.3) is 0 Å². The molecule has 2 heterocycles. The van der Waals surface area contributed by atoms with Gasteiger partial charge in [0.15, 0.2) is 5.72 Å². The molecule has 3 rings (SSSR count). The molecule has 7 heteroatoms. The van der Waals surface area contributed by atoms with E-state index in [0.717, 1.165) is 0 Å². The van der Waals surface area contributed by atoms with Crippen LogP contribution in [0.2, 0.25) is 0 Å². The third-order valence-corrected chi connectivity index (χ3v) is 4.12. The SMILES string of the molecule is CC(C)(C)OC(=O)N1CCC2(CC1)NC(=O)c1ccc(N)cc1O2. The third kappa shape index (κ3) is 3.25. The van der Waals surface area contributed by atoms with Crippen molar-refractivity contribution in [2.45, 2.75) is 44.9 Å². The van der Waals surface area contributed by atoms with Crippen LogP contribution in [0.1, 0.15) is 44.0 Å². The molecule has 1 fully saturated rings. The van der Waals surface area contributed by atoms with Gasteiger partial charge >= 0.3 is 6.09 Å². The lowest BCUT2D eigenvalue weighted by molar-refractivity contribution is -0.0366. The number of nitrogens with one attached hydrogen (secondary N) is 1. The highest BCUT2D eigenvalue weighted by atomic mass is 16.6. The molecule has 0 saturated carbocycles. The molecule has 0 aliphatic carbocycles. The first-order valence-corrected chi connectivity index (χ1v) is 8.06. The van der Waals surface area contributed by atoms with Crippen molar-refractivity contribution in [2.75, 3.05) is 18.8 Å². The second kappa shape index (κ2) is 5.58. The number of anilines is 1. The number of hydrogen-bond donors (Lipinski definition) is 2. The molecule has 0 bridgehead atoms. The van der Waals surface area contributed by atoms with Gasteiger partial charge in [-0.2, -0.15) is 0 Å². The molecule has 2 aliphatic heterocycles. The van der Waals surface area contributed by atoms with Gasteiger partial charge in [-0.1, -0.05) is 0 Å². The van der Waals surface area contributed by atoms with E-state index in [2.05, 4.69) is 5.32 Å². The topological polar surface area (TPSA) is 93.9 Å². The summed E-state index contributed by atoms with van der Waals surface area (Å²) in [4.78, 5) is 26.1. The standard InChI is InChI=1S/C17H23N3O4/c1-16(2,3)24-15(22)20-8-6-17(7-9-20)19-14(21)12-5-4-11(18)10-13(12)23-17/h4-5,10H,6-9,18H2,1-3H3,(H,19,21). The van der Waals surface area contributed by atoms with Crippen molar-refractivity contribution in [3.63, 3.8) is 0 Å². The Balaban J connectivity index is 1.70. The Bertz CT molecular complexity index is 673. The Hall–Kier alpha value is -2.44. The van der Waals surface area contributed by atoms with Crippen LogP contribution in [0.4, 0.5) is 10.5 Å². The number of piperidine rings is 1. The summed E-state index contributed by atoms with van der Waals surface area (Å²) in [5.41, 5.74) is 5.48. The van der Waals surface area contributed by atoms with Crippen LogP contribution in [0.15, 0.2) is 18.2 Å². The van der Waals surface area contributed by atoms with E-state index in [0.29, 0.717) is 42.9 Å². The summed E-state index contributed by atoms with van der Waals surface area (Å²) >= 11 is 0. The number of nitrogens with two attached hydrogens (primary N) is 1. The molecule has 0 unspecified atom stereocenters. The Morgan fingerprint density at radius 3 is 2.62 bits per heavy atom. The molecule has 1 saturated heterocycles. The number of nitrogens with zero attached hydrogens (tertiary/aromatic N) is 1. The van der Waals surface area contributed by atoms with Crippen LogP contribution in [0, 0.1) is 0 Å².